The minimum absolute atomic E-state index is 0.349. The summed E-state index contributed by atoms with van der Waals surface area (Å²) in [5.74, 6) is 3.13. The third-order valence-corrected chi connectivity index (χ3v) is 4.58. The summed E-state index contributed by atoms with van der Waals surface area (Å²) in [4.78, 5) is 0. The van der Waals surface area contributed by atoms with Crippen LogP contribution < -0.4 is 0 Å². The Hall–Kier alpha value is -0.0400. The third kappa shape index (κ3) is 13.0. The van der Waals surface area contributed by atoms with Crippen molar-refractivity contribution in [2.75, 3.05) is 6.61 Å². The Morgan fingerprint density at radius 1 is 0.550 bits per heavy atom. The van der Waals surface area contributed by atoms with E-state index in [0.717, 1.165) is 17.8 Å². The molecule has 0 saturated heterocycles. The van der Waals surface area contributed by atoms with Crippen molar-refractivity contribution in [2.24, 2.45) is 23.7 Å². The Balaban J connectivity index is 3.43. The minimum atomic E-state index is 0.349. The van der Waals surface area contributed by atoms with Gasteiger partial charge in [-0.2, -0.15) is 0 Å². The van der Waals surface area contributed by atoms with E-state index in [0.29, 0.717) is 12.5 Å². The standard InChI is InChI=1S/C19H40O/c1-16(2)9-6-10-17(3)11-7-12-18(4)13-8-14-19(5)15-20/h16-20H,6-15H2,1-5H3. The van der Waals surface area contributed by atoms with E-state index >= 15 is 0 Å². The van der Waals surface area contributed by atoms with Crippen LogP contribution in [0, 0.1) is 23.7 Å². The maximum atomic E-state index is 9.01. The normalized spacial score (nSPS) is 16.4. The maximum absolute atomic E-state index is 9.01. The average molecular weight is 285 g/mol. The topological polar surface area (TPSA) is 20.2 Å². The SMILES string of the molecule is CC(C)CCCC(C)CCCC(C)CCCC(C)CO. The molecule has 0 amide bonds. The van der Waals surface area contributed by atoms with E-state index < -0.39 is 0 Å². The lowest BCUT2D eigenvalue weighted by Crippen LogP contribution is -2.03. The summed E-state index contributed by atoms with van der Waals surface area (Å²) < 4.78 is 0. The summed E-state index contributed by atoms with van der Waals surface area (Å²) in [6.07, 6.45) is 12.2. The molecule has 122 valence electrons. The first-order chi connectivity index (χ1) is 9.45. The molecule has 20 heavy (non-hydrogen) atoms. The molecule has 3 unspecified atom stereocenters. The average Bonchev–Trinajstić information content (AvgIpc) is 2.38. The summed E-state index contributed by atoms with van der Waals surface area (Å²) in [7, 11) is 0. The number of hydrogen-bond acceptors (Lipinski definition) is 1. The molecule has 0 aromatic rings. The Kier molecular flexibility index (Phi) is 12.7. The summed E-state index contributed by atoms with van der Waals surface area (Å²) in [5, 5.41) is 9.01. The van der Waals surface area contributed by atoms with Gasteiger partial charge in [0.05, 0.1) is 0 Å². The highest BCUT2D eigenvalue weighted by atomic mass is 16.3. The first-order valence-electron chi connectivity index (χ1n) is 9.06. The molecule has 3 atom stereocenters. The fourth-order valence-corrected chi connectivity index (χ4v) is 2.88. The minimum Gasteiger partial charge on any atom is -0.396 e. The van der Waals surface area contributed by atoms with Crippen LogP contribution in [-0.2, 0) is 0 Å². The van der Waals surface area contributed by atoms with Crippen molar-refractivity contribution in [2.45, 2.75) is 92.4 Å². The van der Waals surface area contributed by atoms with Crippen LogP contribution in [0.2, 0.25) is 0 Å². The van der Waals surface area contributed by atoms with E-state index in [1.54, 1.807) is 0 Å². The molecule has 1 heteroatoms. The lowest BCUT2D eigenvalue weighted by Gasteiger charge is -2.15. The summed E-state index contributed by atoms with van der Waals surface area (Å²) in [6.45, 7) is 12.0. The highest BCUT2D eigenvalue weighted by molar-refractivity contribution is 4.60. The van der Waals surface area contributed by atoms with Crippen LogP contribution in [0.15, 0.2) is 0 Å². The molecule has 0 aliphatic rings. The van der Waals surface area contributed by atoms with Crippen molar-refractivity contribution >= 4 is 0 Å². The number of aliphatic hydroxyl groups excluding tert-OH is 1. The zero-order valence-corrected chi connectivity index (χ0v) is 14.8. The van der Waals surface area contributed by atoms with E-state index in [2.05, 4.69) is 34.6 Å². The summed E-state index contributed by atoms with van der Waals surface area (Å²) in [5.41, 5.74) is 0. The van der Waals surface area contributed by atoms with Crippen LogP contribution in [0.3, 0.4) is 0 Å². The smallest absolute Gasteiger partial charge is 0.0456 e. The molecular formula is C19H40O. The third-order valence-electron chi connectivity index (χ3n) is 4.58. The van der Waals surface area contributed by atoms with Gasteiger partial charge < -0.3 is 5.11 Å². The van der Waals surface area contributed by atoms with Gasteiger partial charge in [0, 0.05) is 6.61 Å². The Morgan fingerprint density at radius 2 is 0.900 bits per heavy atom. The monoisotopic (exact) mass is 284 g/mol. The zero-order chi connectivity index (χ0) is 15.4. The molecule has 0 heterocycles. The highest BCUT2D eigenvalue weighted by Gasteiger charge is 2.07. The largest absolute Gasteiger partial charge is 0.396 e. The van der Waals surface area contributed by atoms with Gasteiger partial charge in [0.15, 0.2) is 0 Å². The summed E-state index contributed by atoms with van der Waals surface area (Å²) in [6, 6.07) is 0. The van der Waals surface area contributed by atoms with Crippen LogP contribution in [0.25, 0.3) is 0 Å². The molecule has 0 rings (SSSR count). The van der Waals surface area contributed by atoms with Gasteiger partial charge in [0.1, 0.15) is 0 Å². The van der Waals surface area contributed by atoms with Gasteiger partial charge in [0.25, 0.3) is 0 Å². The molecule has 0 aromatic carbocycles. The van der Waals surface area contributed by atoms with Gasteiger partial charge in [-0.05, 0) is 30.1 Å². The van der Waals surface area contributed by atoms with Gasteiger partial charge >= 0.3 is 0 Å². The molecule has 0 aromatic heterocycles. The lowest BCUT2D eigenvalue weighted by molar-refractivity contribution is 0.225. The molecule has 0 saturated carbocycles. The van der Waals surface area contributed by atoms with Crippen molar-refractivity contribution < 1.29 is 5.11 Å². The molecule has 0 bridgehead atoms. The predicted molar refractivity (Wildman–Crippen MR) is 91.0 cm³/mol. The van der Waals surface area contributed by atoms with Crippen molar-refractivity contribution in [1.29, 1.82) is 0 Å². The first kappa shape index (κ1) is 20.0. The van der Waals surface area contributed by atoms with Crippen LogP contribution >= 0.6 is 0 Å². The Labute approximate surface area is 128 Å². The van der Waals surface area contributed by atoms with Crippen molar-refractivity contribution in [1.82, 2.24) is 0 Å². The fraction of sp³-hybridized carbons (Fsp3) is 1.00. The zero-order valence-electron chi connectivity index (χ0n) is 14.8. The lowest BCUT2D eigenvalue weighted by atomic mass is 9.91. The van der Waals surface area contributed by atoms with Gasteiger partial charge in [-0.1, -0.05) is 86.0 Å². The molecule has 0 radical (unpaired) electrons. The fourth-order valence-electron chi connectivity index (χ4n) is 2.88. The van der Waals surface area contributed by atoms with Crippen molar-refractivity contribution in [3.05, 3.63) is 0 Å². The Morgan fingerprint density at radius 3 is 1.25 bits per heavy atom. The molecule has 1 N–H and O–H groups in total. The second-order valence-corrected chi connectivity index (χ2v) is 7.68. The quantitative estimate of drug-likeness (QED) is 0.436. The van der Waals surface area contributed by atoms with Gasteiger partial charge in [-0.25, -0.2) is 0 Å². The van der Waals surface area contributed by atoms with E-state index in [-0.39, 0.29) is 0 Å². The molecule has 0 spiro atoms. The van der Waals surface area contributed by atoms with Crippen molar-refractivity contribution in [3.8, 4) is 0 Å². The molecule has 1 nitrogen and oxygen atoms in total. The van der Waals surface area contributed by atoms with Crippen molar-refractivity contribution in [3.63, 3.8) is 0 Å². The number of hydrogen-bond donors (Lipinski definition) is 1. The predicted octanol–water partition coefficient (Wildman–Crippen LogP) is 6.05. The van der Waals surface area contributed by atoms with E-state index in [9.17, 15) is 0 Å². The van der Waals surface area contributed by atoms with Crippen LogP contribution in [-0.4, -0.2) is 11.7 Å². The van der Waals surface area contributed by atoms with Gasteiger partial charge in [-0.15, -0.1) is 0 Å². The van der Waals surface area contributed by atoms with E-state index in [4.69, 9.17) is 5.11 Å². The van der Waals surface area contributed by atoms with Crippen LogP contribution in [0.5, 0.6) is 0 Å². The molecule has 0 fully saturated rings. The first-order valence-corrected chi connectivity index (χ1v) is 9.06. The molecule has 0 aliphatic heterocycles. The number of rotatable bonds is 13. The number of aliphatic hydroxyl groups is 1. The van der Waals surface area contributed by atoms with Gasteiger partial charge in [0.2, 0.25) is 0 Å². The molecule has 0 aliphatic carbocycles. The summed E-state index contributed by atoms with van der Waals surface area (Å²) >= 11 is 0. The van der Waals surface area contributed by atoms with E-state index in [1.807, 2.05) is 0 Å². The second kappa shape index (κ2) is 12.7. The molecular weight excluding hydrogens is 244 g/mol. The Bertz CT molecular complexity index is 200. The van der Waals surface area contributed by atoms with Crippen LogP contribution in [0.4, 0.5) is 0 Å². The van der Waals surface area contributed by atoms with Gasteiger partial charge in [-0.3, -0.25) is 0 Å². The second-order valence-electron chi connectivity index (χ2n) is 7.68. The highest BCUT2D eigenvalue weighted by Crippen LogP contribution is 2.21. The van der Waals surface area contributed by atoms with E-state index in [1.165, 1.54) is 57.8 Å². The maximum Gasteiger partial charge on any atom is 0.0456 e. The van der Waals surface area contributed by atoms with Crippen LogP contribution in [0.1, 0.15) is 92.4 Å².